The van der Waals surface area contributed by atoms with Gasteiger partial charge in [0.15, 0.2) is 0 Å². The highest BCUT2D eigenvalue weighted by Crippen LogP contribution is 2.32. The molecule has 4 N–H and O–H groups in total. The van der Waals surface area contributed by atoms with E-state index < -0.39 is 22.2 Å². The van der Waals surface area contributed by atoms with E-state index in [-0.39, 0.29) is 22.4 Å². The lowest BCUT2D eigenvalue weighted by Crippen LogP contribution is -2.43. The summed E-state index contributed by atoms with van der Waals surface area (Å²) >= 11 is 0. The smallest absolute Gasteiger partial charge is 0.475 e. The van der Waals surface area contributed by atoms with Crippen molar-refractivity contribution in [2.75, 3.05) is 55.2 Å². The number of nitrogens with zero attached hydrogens (tertiary/aromatic N) is 2. The van der Waals surface area contributed by atoms with Crippen LogP contribution in [0.2, 0.25) is 0 Å². The minimum absolute atomic E-state index is 0.0386. The summed E-state index contributed by atoms with van der Waals surface area (Å²) in [5.41, 5.74) is 2.31. The number of nitrogens with one attached hydrogen (secondary N) is 3. The van der Waals surface area contributed by atoms with Gasteiger partial charge in [0, 0.05) is 52.8 Å². The normalized spacial score (nSPS) is 13.6. The largest absolute Gasteiger partial charge is 0.490 e. The topological polar surface area (TPSA) is 148 Å². The molecule has 0 radical (unpaired) electrons. The van der Waals surface area contributed by atoms with Crippen molar-refractivity contribution in [3.8, 4) is 0 Å². The van der Waals surface area contributed by atoms with Gasteiger partial charge in [0.25, 0.3) is 15.9 Å². The zero-order chi connectivity index (χ0) is 29.5. The summed E-state index contributed by atoms with van der Waals surface area (Å²) in [5.74, 6) is -3.36. The van der Waals surface area contributed by atoms with Gasteiger partial charge in [-0.05, 0) is 42.8 Å². The van der Waals surface area contributed by atoms with Crippen molar-refractivity contribution < 1.29 is 41.1 Å². The molecule has 1 saturated heterocycles. The van der Waals surface area contributed by atoms with Crippen LogP contribution in [0.5, 0.6) is 0 Å². The van der Waals surface area contributed by atoms with Gasteiger partial charge >= 0.3 is 12.1 Å². The van der Waals surface area contributed by atoms with Crippen molar-refractivity contribution in [3.63, 3.8) is 0 Å². The Hall–Kier alpha value is -3.85. The first kappa shape index (κ1) is 31.4. The van der Waals surface area contributed by atoms with Gasteiger partial charge in [-0.1, -0.05) is 6.07 Å². The summed E-state index contributed by atoms with van der Waals surface area (Å²) in [6.07, 6.45) is -5.08. The second kappa shape index (κ2) is 12.8. The number of piperazine rings is 1. The van der Waals surface area contributed by atoms with Gasteiger partial charge in [0.1, 0.15) is 4.90 Å². The Labute approximate surface area is 224 Å². The molecule has 0 spiro atoms. The minimum Gasteiger partial charge on any atom is -0.475 e. The number of halogens is 3. The second-order valence-corrected chi connectivity index (χ2v) is 10.4. The van der Waals surface area contributed by atoms with Crippen molar-refractivity contribution in [3.05, 3.63) is 47.5 Å². The number of anilines is 3. The summed E-state index contributed by atoms with van der Waals surface area (Å²) in [5, 5.41) is 13.0. The van der Waals surface area contributed by atoms with Gasteiger partial charge in [-0.15, -0.1) is 0 Å². The Balaban J connectivity index is 0.000000673. The molecule has 3 rings (SSSR count). The predicted molar refractivity (Wildman–Crippen MR) is 140 cm³/mol. The summed E-state index contributed by atoms with van der Waals surface area (Å²) in [4.78, 5) is 36.5. The highest BCUT2D eigenvalue weighted by atomic mass is 32.2. The van der Waals surface area contributed by atoms with Crippen LogP contribution in [0.1, 0.15) is 22.8 Å². The van der Waals surface area contributed by atoms with E-state index in [1.54, 1.807) is 51.4 Å². The van der Waals surface area contributed by atoms with Crippen LogP contribution in [-0.4, -0.2) is 82.7 Å². The predicted octanol–water partition coefficient (Wildman–Crippen LogP) is 2.50. The fourth-order valence-corrected chi connectivity index (χ4v) is 4.85. The molecule has 15 heteroatoms. The molecule has 0 saturated carbocycles. The number of carboxylic acid groups (broad SMARTS) is 1. The Morgan fingerprint density at radius 3 is 2.13 bits per heavy atom. The van der Waals surface area contributed by atoms with Crippen molar-refractivity contribution in [1.82, 2.24) is 10.2 Å². The number of carboxylic acids is 1. The molecule has 0 atom stereocenters. The molecule has 11 nitrogen and oxygen atoms in total. The third-order valence-electron chi connectivity index (χ3n) is 5.33. The third-order valence-corrected chi connectivity index (χ3v) is 6.74. The van der Waals surface area contributed by atoms with Crippen LogP contribution >= 0.6 is 0 Å². The number of hydrogen-bond acceptors (Lipinski definition) is 7. The molecule has 2 aromatic carbocycles. The molecule has 214 valence electrons. The maximum absolute atomic E-state index is 13.4. The Kier molecular flexibility index (Phi) is 10.3. The number of sulfonamides is 1. The van der Waals surface area contributed by atoms with Gasteiger partial charge in [-0.2, -0.15) is 13.2 Å². The van der Waals surface area contributed by atoms with Gasteiger partial charge in [0.05, 0.1) is 17.1 Å². The van der Waals surface area contributed by atoms with Gasteiger partial charge < -0.3 is 25.5 Å². The van der Waals surface area contributed by atoms with E-state index in [1.807, 2.05) is 0 Å². The number of amides is 2. The Morgan fingerprint density at radius 1 is 1.03 bits per heavy atom. The molecule has 1 fully saturated rings. The molecule has 2 aromatic rings. The Morgan fingerprint density at radius 2 is 1.62 bits per heavy atom. The van der Waals surface area contributed by atoms with E-state index in [0.717, 1.165) is 18.7 Å². The second-order valence-electron chi connectivity index (χ2n) is 8.76. The lowest BCUT2D eigenvalue weighted by Gasteiger charge is -2.31. The summed E-state index contributed by atoms with van der Waals surface area (Å²) in [6.45, 7) is 6.06. The summed E-state index contributed by atoms with van der Waals surface area (Å²) in [6, 6.07) is 9.83. The number of benzene rings is 2. The fraction of sp³-hybridized carbons (Fsp3) is 0.375. The highest BCUT2D eigenvalue weighted by Gasteiger charge is 2.38. The van der Waals surface area contributed by atoms with Crippen LogP contribution in [0.15, 0.2) is 41.3 Å². The number of carbonyl (C=O) groups is 3. The van der Waals surface area contributed by atoms with Crippen molar-refractivity contribution >= 4 is 44.9 Å². The van der Waals surface area contributed by atoms with Gasteiger partial charge in [0.2, 0.25) is 5.91 Å². The third kappa shape index (κ3) is 8.85. The van der Waals surface area contributed by atoms with Crippen LogP contribution in [0.25, 0.3) is 0 Å². The van der Waals surface area contributed by atoms with E-state index in [0.29, 0.717) is 30.0 Å². The van der Waals surface area contributed by atoms with Crippen LogP contribution in [-0.2, 0) is 19.6 Å². The van der Waals surface area contributed by atoms with Gasteiger partial charge in [-0.25, -0.2) is 13.2 Å². The van der Waals surface area contributed by atoms with Crippen molar-refractivity contribution in [2.24, 2.45) is 0 Å². The quantitative estimate of drug-likeness (QED) is 0.412. The fourth-order valence-electron chi connectivity index (χ4n) is 3.54. The Bertz CT molecular complexity index is 1330. The maximum Gasteiger partial charge on any atom is 0.490 e. The van der Waals surface area contributed by atoms with E-state index in [1.165, 1.54) is 17.9 Å². The molecule has 2 amide bonds. The zero-order valence-corrected chi connectivity index (χ0v) is 22.5. The number of aryl methyl sites for hydroxylation is 1. The van der Waals surface area contributed by atoms with Crippen LogP contribution < -0.4 is 20.3 Å². The number of rotatable bonds is 6. The van der Waals surface area contributed by atoms with E-state index in [2.05, 4.69) is 20.3 Å². The van der Waals surface area contributed by atoms with Gasteiger partial charge in [-0.3, -0.25) is 14.3 Å². The lowest BCUT2D eigenvalue weighted by molar-refractivity contribution is -0.192. The molecule has 0 aromatic heterocycles. The SMILES string of the molecule is CC(=O)Nc1ccc(C)cc1S(=O)(=O)Nc1cc(C(=O)N(C)C)ccc1N1CCNCC1.O=C(O)C(F)(F)F. The van der Waals surface area contributed by atoms with E-state index >= 15 is 0 Å². The van der Waals surface area contributed by atoms with Crippen LogP contribution in [0, 0.1) is 6.92 Å². The summed E-state index contributed by atoms with van der Waals surface area (Å²) < 4.78 is 61.2. The molecule has 0 bridgehead atoms. The average molecular weight is 574 g/mol. The average Bonchev–Trinajstić information content (AvgIpc) is 2.84. The van der Waals surface area contributed by atoms with E-state index in [4.69, 9.17) is 9.90 Å². The number of aliphatic carboxylic acids is 1. The molecular formula is C24H30F3N5O6S. The first-order valence-electron chi connectivity index (χ1n) is 11.6. The highest BCUT2D eigenvalue weighted by molar-refractivity contribution is 7.93. The van der Waals surface area contributed by atoms with Crippen LogP contribution in [0.3, 0.4) is 0 Å². The standard InChI is InChI=1S/C22H29N5O4S.C2HF3O2/c1-15-5-7-18(24-16(2)28)21(13-15)32(30,31)25-19-14-17(22(29)26(3)4)6-8-20(19)27-11-9-23-10-12-27;3-2(4,5)1(6)7/h5-8,13-14,23,25H,9-12H2,1-4H3,(H,24,28);(H,6,7). The van der Waals surface area contributed by atoms with Crippen molar-refractivity contribution in [1.29, 1.82) is 0 Å². The molecule has 0 aliphatic carbocycles. The van der Waals surface area contributed by atoms with Crippen LogP contribution in [0.4, 0.5) is 30.2 Å². The minimum atomic E-state index is -5.08. The molecule has 1 aliphatic rings. The van der Waals surface area contributed by atoms with Crippen molar-refractivity contribution in [2.45, 2.75) is 24.9 Å². The van der Waals surface area contributed by atoms with E-state index in [9.17, 15) is 31.2 Å². The maximum atomic E-state index is 13.4. The molecule has 0 unspecified atom stereocenters. The summed E-state index contributed by atoms with van der Waals surface area (Å²) in [7, 11) is -0.784. The first-order valence-corrected chi connectivity index (χ1v) is 13.0. The monoisotopic (exact) mass is 573 g/mol. The molecule has 1 heterocycles. The number of hydrogen-bond donors (Lipinski definition) is 4. The number of alkyl halides is 3. The lowest BCUT2D eigenvalue weighted by atomic mass is 10.1. The number of carbonyl (C=O) groups excluding carboxylic acids is 2. The molecule has 39 heavy (non-hydrogen) atoms. The first-order chi connectivity index (χ1) is 18.0. The molecule has 1 aliphatic heterocycles. The molecular weight excluding hydrogens is 543 g/mol. The zero-order valence-electron chi connectivity index (χ0n) is 21.7.